The molecule has 3 heterocycles. The number of carbonyl (C=O) groups excluding carboxylic acids is 2. The first kappa shape index (κ1) is 22.7. The minimum Gasteiger partial charge on any atom is -0.468 e. The highest BCUT2D eigenvalue weighted by atomic mass is 19.1. The van der Waals surface area contributed by atoms with Crippen molar-refractivity contribution in [2.24, 2.45) is 0 Å². The lowest BCUT2D eigenvalue weighted by molar-refractivity contribution is -0.136. The Morgan fingerprint density at radius 3 is 2.46 bits per heavy atom. The Labute approximate surface area is 201 Å². The van der Waals surface area contributed by atoms with Crippen LogP contribution in [0.15, 0.2) is 65.3 Å². The number of hydrogen-bond donors (Lipinski definition) is 2. The molecular weight excluding hydrogens is 455 g/mol. The third-order valence-electron chi connectivity index (χ3n) is 6.11. The van der Waals surface area contributed by atoms with E-state index in [1.807, 2.05) is 6.07 Å². The summed E-state index contributed by atoms with van der Waals surface area (Å²) >= 11 is 0. The first-order chi connectivity index (χ1) is 17.1. The van der Waals surface area contributed by atoms with Gasteiger partial charge in [0.05, 0.1) is 12.3 Å². The Kier molecular flexibility index (Phi) is 6.53. The van der Waals surface area contributed by atoms with Gasteiger partial charge < -0.3 is 29.4 Å². The van der Waals surface area contributed by atoms with Gasteiger partial charge in [0.1, 0.15) is 11.6 Å². The molecule has 182 valence electrons. The summed E-state index contributed by atoms with van der Waals surface area (Å²) in [7, 11) is 0. The smallest absolute Gasteiger partial charge is 0.313 e. The van der Waals surface area contributed by atoms with Gasteiger partial charge in [-0.15, -0.1) is 0 Å². The van der Waals surface area contributed by atoms with Gasteiger partial charge in [0, 0.05) is 50.2 Å². The summed E-state index contributed by atoms with van der Waals surface area (Å²) in [5.41, 5.74) is 1.41. The number of nitrogens with one attached hydrogen (secondary N) is 2. The van der Waals surface area contributed by atoms with Crippen LogP contribution in [0.2, 0.25) is 0 Å². The minimum atomic E-state index is -0.775. The SMILES string of the molecule is O=C(NCC(c1ccco1)N1CCN(c2ccc(F)cc2)CC1)C(=O)Nc1ccc2c(c1)OCO2. The van der Waals surface area contributed by atoms with Gasteiger partial charge in [-0.3, -0.25) is 14.5 Å². The first-order valence-corrected chi connectivity index (χ1v) is 11.3. The minimum absolute atomic E-state index is 0.125. The third-order valence-corrected chi connectivity index (χ3v) is 6.11. The summed E-state index contributed by atoms with van der Waals surface area (Å²) in [6, 6.07) is 14.8. The number of piperazine rings is 1. The van der Waals surface area contributed by atoms with E-state index in [2.05, 4.69) is 20.4 Å². The standard InChI is InChI=1S/C25H25FN4O5/c26-17-3-6-19(7-4-17)29-9-11-30(12-10-29)20(21-2-1-13-33-21)15-27-24(31)25(32)28-18-5-8-22-23(14-18)35-16-34-22/h1-8,13-14,20H,9-12,15-16H2,(H,27,31)(H,28,32). The Morgan fingerprint density at radius 1 is 0.943 bits per heavy atom. The van der Waals surface area contributed by atoms with E-state index < -0.39 is 11.8 Å². The average Bonchev–Trinajstić information content (AvgIpc) is 3.57. The second kappa shape index (κ2) is 10.1. The maximum Gasteiger partial charge on any atom is 0.313 e. The van der Waals surface area contributed by atoms with Crippen LogP contribution in [0, 0.1) is 5.82 Å². The molecule has 2 N–H and O–H groups in total. The van der Waals surface area contributed by atoms with Crippen molar-refractivity contribution in [1.29, 1.82) is 0 Å². The molecule has 1 atom stereocenters. The van der Waals surface area contributed by atoms with E-state index in [-0.39, 0.29) is 25.2 Å². The number of fused-ring (bicyclic) bond motifs is 1. The summed E-state index contributed by atoms with van der Waals surface area (Å²) in [5, 5.41) is 5.31. The van der Waals surface area contributed by atoms with E-state index in [9.17, 15) is 14.0 Å². The number of ether oxygens (including phenoxy) is 2. The van der Waals surface area contributed by atoms with Crippen LogP contribution in [0.25, 0.3) is 0 Å². The number of carbonyl (C=O) groups is 2. The Balaban J connectivity index is 1.18. The van der Waals surface area contributed by atoms with E-state index in [4.69, 9.17) is 13.9 Å². The van der Waals surface area contributed by atoms with Crippen molar-refractivity contribution < 1.29 is 27.9 Å². The van der Waals surface area contributed by atoms with E-state index in [0.717, 1.165) is 18.8 Å². The van der Waals surface area contributed by atoms with E-state index in [1.165, 1.54) is 12.1 Å². The van der Waals surface area contributed by atoms with Gasteiger partial charge in [0.25, 0.3) is 0 Å². The summed E-state index contributed by atoms with van der Waals surface area (Å²) in [5.74, 6) is 0.0294. The van der Waals surface area contributed by atoms with Crippen LogP contribution in [0.4, 0.5) is 15.8 Å². The lowest BCUT2D eigenvalue weighted by Gasteiger charge is -2.39. The molecule has 2 aliphatic heterocycles. The number of amides is 2. The molecule has 1 aromatic heterocycles. The van der Waals surface area contributed by atoms with E-state index in [0.29, 0.717) is 36.0 Å². The Morgan fingerprint density at radius 2 is 1.71 bits per heavy atom. The lowest BCUT2D eigenvalue weighted by Crippen LogP contribution is -2.50. The Bertz CT molecular complexity index is 1180. The van der Waals surface area contributed by atoms with Gasteiger partial charge in [-0.25, -0.2) is 4.39 Å². The number of furan rings is 1. The predicted octanol–water partition coefficient (Wildman–Crippen LogP) is 2.77. The van der Waals surface area contributed by atoms with Crippen molar-refractivity contribution in [2.75, 3.05) is 49.7 Å². The zero-order valence-electron chi connectivity index (χ0n) is 18.9. The van der Waals surface area contributed by atoms with Crippen LogP contribution < -0.4 is 25.0 Å². The largest absolute Gasteiger partial charge is 0.468 e. The molecular formula is C25H25FN4O5. The van der Waals surface area contributed by atoms with Crippen LogP contribution in [0.5, 0.6) is 11.5 Å². The number of nitrogens with zero attached hydrogens (tertiary/aromatic N) is 2. The van der Waals surface area contributed by atoms with Crippen molar-refractivity contribution in [3.05, 3.63) is 72.4 Å². The maximum atomic E-state index is 13.2. The number of halogens is 1. The molecule has 35 heavy (non-hydrogen) atoms. The molecule has 2 amide bonds. The van der Waals surface area contributed by atoms with Crippen LogP contribution in [0.3, 0.4) is 0 Å². The number of benzene rings is 2. The molecule has 2 aromatic carbocycles. The molecule has 1 saturated heterocycles. The molecule has 0 bridgehead atoms. The van der Waals surface area contributed by atoms with Crippen LogP contribution in [-0.4, -0.2) is 56.2 Å². The highest BCUT2D eigenvalue weighted by Crippen LogP contribution is 2.34. The fourth-order valence-corrected chi connectivity index (χ4v) is 4.27. The summed E-state index contributed by atoms with van der Waals surface area (Å²) in [4.78, 5) is 29.4. The average molecular weight is 480 g/mol. The molecule has 5 rings (SSSR count). The second-order valence-corrected chi connectivity index (χ2v) is 8.26. The van der Waals surface area contributed by atoms with Crippen molar-refractivity contribution in [3.8, 4) is 11.5 Å². The van der Waals surface area contributed by atoms with E-state index >= 15 is 0 Å². The highest BCUT2D eigenvalue weighted by molar-refractivity contribution is 6.39. The molecule has 3 aromatic rings. The predicted molar refractivity (Wildman–Crippen MR) is 126 cm³/mol. The molecule has 1 fully saturated rings. The molecule has 2 aliphatic rings. The first-order valence-electron chi connectivity index (χ1n) is 11.3. The van der Waals surface area contributed by atoms with Crippen molar-refractivity contribution in [2.45, 2.75) is 6.04 Å². The van der Waals surface area contributed by atoms with Crippen LogP contribution >= 0.6 is 0 Å². The van der Waals surface area contributed by atoms with Gasteiger partial charge in [-0.1, -0.05) is 0 Å². The second-order valence-electron chi connectivity index (χ2n) is 8.26. The van der Waals surface area contributed by atoms with Gasteiger partial charge in [0.2, 0.25) is 6.79 Å². The third kappa shape index (κ3) is 5.22. The summed E-state index contributed by atoms with van der Waals surface area (Å²) in [6.45, 7) is 3.23. The highest BCUT2D eigenvalue weighted by Gasteiger charge is 2.28. The molecule has 0 radical (unpaired) electrons. The summed E-state index contributed by atoms with van der Waals surface area (Å²) < 4.78 is 29.4. The monoisotopic (exact) mass is 480 g/mol. The van der Waals surface area contributed by atoms with Gasteiger partial charge >= 0.3 is 11.8 Å². The fraction of sp³-hybridized carbons (Fsp3) is 0.280. The normalized spacial score (nSPS) is 16.1. The van der Waals surface area contributed by atoms with Crippen LogP contribution in [-0.2, 0) is 9.59 Å². The molecule has 1 unspecified atom stereocenters. The Hall–Kier alpha value is -4.05. The lowest BCUT2D eigenvalue weighted by atomic mass is 10.1. The van der Waals surface area contributed by atoms with Crippen molar-refractivity contribution in [1.82, 2.24) is 10.2 Å². The van der Waals surface area contributed by atoms with E-state index in [1.54, 1.807) is 42.7 Å². The number of anilines is 2. The molecule has 10 heteroatoms. The maximum absolute atomic E-state index is 13.2. The van der Waals surface area contributed by atoms with Gasteiger partial charge in [0.15, 0.2) is 11.5 Å². The topological polar surface area (TPSA) is 96.3 Å². The number of rotatable bonds is 6. The quantitative estimate of drug-likeness (QED) is 0.524. The summed E-state index contributed by atoms with van der Waals surface area (Å²) in [6.07, 6.45) is 1.59. The molecule has 0 aliphatic carbocycles. The molecule has 0 spiro atoms. The molecule has 9 nitrogen and oxygen atoms in total. The van der Waals surface area contributed by atoms with Gasteiger partial charge in [-0.05, 0) is 48.5 Å². The number of hydrogen-bond acceptors (Lipinski definition) is 7. The fourth-order valence-electron chi connectivity index (χ4n) is 4.27. The van der Waals surface area contributed by atoms with Crippen LogP contribution in [0.1, 0.15) is 11.8 Å². The molecule has 0 saturated carbocycles. The zero-order chi connectivity index (χ0) is 24.2. The van der Waals surface area contributed by atoms with Crippen molar-refractivity contribution >= 4 is 23.2 Å². The zero-order valence-corrected chi connectivity index (χ0v) is 18.9. The van der Waals surface area contributed by atoms with Crippen molar-refractivity contribution in [3.63, 3.8) is 0 Å². The van der Waals surface area contributed by atoms with Gasteiger partial charge in [-0.2, -0.15) is 0 Å².